The summed E-state index contributed by atoms with van der Waals surface area (Å²) < 4.78 is 45.5. The molecule has 0 aliphatic carbocycles. The predicted molar refractivity (Wildman–Crippen MR) is 78.3 cm³/mol. The van der Waals surface area contributed by atoms with Gasteiger partial charge in [-0.2, -0.15) is 13.2 Å². The molecule has 0 bridgehead atoms. The summed E-state index contributed by atoms with van der Waals surface area (Å²) in [5.74, 6) is -0.700. The first-order chi connectivity index (χ1) is 11.0. The fourth-order valence-electron chi connectivity index (χ4n) is 2.19. The Morgan fingerprint density at radius 3 is 2.26 bits per heavy atom. The van der Waals surface area contributed by atoms with E-state index in [1.165, 1.54) is 11.8 Å². The maximum absolute atomic E-state index is 13.0. The summed E-state index contributed by atoms with van der Waals surface area (Å²) in [5.41, 5.74) is 0.915. The van der Waals surface area contributed by atoms with Gasteiger partial charge in [0.25, 0.3) is 5.82 Å². The van der Waals surface area contributed by atoms with Gasteiger partial charge in [0.1, 0.15) is 5.75 Å². The van der Waals surface area contributed by atoms with Gasteiger partial charge in [-0.15, -0.1) is 5.10 Å². The SMILES string of the molecule is COc1ccccc1-c1nc(C(F)(F)F)nn1-c1ccccc1. The molecule has 1 aromatic heterocycles. The zero-order valence-corrected chi connectivity index (χ0v) is 12.1. The van der Waals surface area contributed by atoms with Crippen molar-refractivity contribution in [1.82, 2.24) is 14.8 Å². The molecular formula is C16H12F3N3O. The van der Waals surface area contributed by atoms with E-state index in [9.17, 15) is 13.2 Å². The molecule has 0 spiro atoms. The summed E-state index contributed by atoms with van der Waals surface area (Å²) in [6.07, 6.45) is -4.63. The van der Waals surface area contributed by atoms with Gasteiger partial charge in [-0.1, -0.05) is 30.3 Å². The van der Waals surface area contributed by atoms with Crippen LogP contribution in [-0.2, 0) is 6.18 Å². The lowest BCUT2D eigenvalue weighted by Crippen LogP contribution is -2.08. The highest BCUT2D eigenvalue weighted by molar-refractivity contribution is 5.66. The molecule has 0 atom stereocenters. The maximum Gasteiger partial charge on any atom is 0.453 e. The van der Waals surface area contributed by atoms with Crippen molar-refractivity contribution in [2.45, 2.75) is 6.18 Å². The number of methoxy groups -OCH3 is 1. The van der Waals surface area contributed by atoms with Gasteiger partial charge < -0.3 is 4.74 Å². The van der Waals surface area contributed by atoms with Gasteiger partial charge in [0, 0.05) is 0 Å². The lowest BCUT2D eigenvalue weighted by molar-refractivity contribution is -0.144. The van der Waals surface area contributed by atoms with Crippen LogP contribution in [0, 0.1) is 0 Å². The topological polar surface area (TPSA) is 39.9 Å². The van der Waals surface area contributed by atoms with E-state index in [0.717, 1.165) is 0 Å². The highest BCUT2D eigenvalue weighted by Crippen LogP contribution is 2.33. The third-order valence-corrected chi connectivity index (χ3v) is 3.21. The Bertz CT molecular complexity index is 813. The monoisotopic (exact) mass is 319 g/mol. The van der Waals surface area contributed by atoms with Gasteiger partial charge >= 0.3 is 6.18 Å². The van der Waals surface area contributed by atoms with Gasteiger partial charge in [0.15, 0.2) is 5.82 Å². The van der Waals surface area contributed by atoms with Crippen LogP contribution in [0.1, 0.15) is 5.82 Å². The van der Waals surface area contributed by atoms with Crippen molar-refractivity contribution < 1.29 is 17.9 Å². The maximum atomic E-state index is 13.0. The molecule has 0 saturated carbocycles. The van der Waals surface area contributed by atoms with Crippen molar-refractivity contribution in [3.63, 3.8) is 0 Å². The van der Waals surface area contributed by atoms with E-state index in [0.29, 0.717) is 17.0 Å². The third-order valence-electron chi connectivity index (χ3n) is 3.21. The van der Waals surface area contributed by atoms with Gasteiger partial charge in [-0.25, -0.2) is 9.67 Å². The highest BCUT2D eigenvalue weighted by Gasteiger charge is 2.37. The zero-order valence-electron chi connectivity index (χ0n) is 12.1. The molecule has 0 aliphatic heterocycles. The Morgan fingerprint density at radius 1 is 0.957 bits per heavy atom. The van der Waals surface area contributed by atoms with E-state index >= 15 is 0 Å². The molecule has 1 heterocycles. The van der Waals surface area contributed by atoms with Gasteiger partial charge in [0.05, 0.1) is 18.4 Å². The molecule has 23 heavy (non-hydrogen) atoms. The average molecular weight is 319 g/mol. The molecule has 0 amide bonds. The number of ether oxygens (including phenoxy) is 1. The molecule has 0 unspecified atom stereocenters. The van der Waals surface area contributed by atoms with Crippen molar-refractivity contribution in [1.29, 1.82) is 0 Å². The fraction of sp³-hybridized carbons (Fsp3) is 0.125. The molecule has 0 radical (unpaired) electrons. The smallest absolute Gasteiger partial charge is 0.453 e. The zero-order chi connectivity index (χ0) is 16.4. The average Bonchev–Trinajstić information content (AvgIpc) is 3.01. The minimum Gasteiger partial charge on any atom is -0.496 e. The van der Waals surface area contributed by atoms with Crippen LogP contribution in [0.25, 0.3) is 17.1 Å². The number of benzene rings is 2. The fourth-order valence-corrected chi connectivity index (χ4v) is 2.19. The minimum absolute atomic E-state index is 0.0703. The summed E-state index contributed by atoms with van der Waals surface area (Å²) >= 11 is 0. The second kappa shape index (κ2) is 5.75. The van der Waals surface area contributed by atoms with Crippen LogP contribution in [0.2, 0.25) is 0 Å². The summed E-state index contributed by atoms with van der Waals surface area (Å²) in [6.45, 7) is 0. The number of para-hydroxylation sites is 2. The van der Waals surface area contributed by atoms with Crippen LogP contribution in [0.5, 0.6) is 5.75 Å². The molecule has 4 nitrogen and oxygen atoms in total. The number of hydrogen-bond donors (Lipinski definition) is 0. The second-order valence-electron chi connectivity index (χ2n) is 4.70. The molecule has 0 saturated heterocycles. The molecular weight excluding hydrogens is 307 g/mol. The Balaban J connectivity index is 2.25. The van der Waals surface area contributed by atoms with E-state index in [1.807, 2.05) is 0 Å². The van der Waals surface area contributed by atoms with Gasteiger partial charge in [0.2, 0.25) is 0 Å². The Hall–Kier alpha value is -2.83. The lowest BCUT2D eigenvalue weighted by Gasteiger charge is -2.09. The molecule has 0 N–H and O–H groups in total. The van der Waals surface area contributed by atoms with Crippen LogP contribution in [0.3, 0.4) is 0 Å². The number of aromatic nitrogens is 3. The van der Waals surface area contributed by atoms with E-state index in [-0.39, 0.29) is 5.82 Å². The van der Waals surface area contributed by atoms with Crippen LogP contribution >= 0.6 is 0 Å². The first kappa shape index (κ1) is 15.1. The second-order valence-corrected chi connectivity index (χ2v) is 4.70. The van der Waals surface area contributed by atoms with Crippen molar-refractivity contribution in [2.24, 2.45) is 0 Å². The third kappa shape index (κ3) is 2.90. The molecule has 2 aromatic carbocycles. The molecule has 3 aromatic rings. The molecule has 118 valence electrons. The van der Waals surface area contributed by atoms with Crippen molar-refractivity contribution in [3.05, 3.63) is 60.4 Å². The van der Waals surface area contributed by atoms with Crippen molar-refractivity contribution >= 4 is 0 Å². The van der Waals surface area contributed by atoms with E-state index in [1.54, 1.807) is 54.6 Å². The number of halogens is 3. The molecule has 3 rings (SSSR count). The Kier molecular flexibility index (Phi) is 3.77. The first-order valence-corrected chi connectivity index (χ1v) is 6.74. The van der Waals surface area contributed by atoms with Crippen LogP contribution in [-0.4, -0.2) is 21.9 Å². The normalized spacial score (nSPS) is 11.5. The van der Waals surface area contributed by atoms with Crippen LogP contribution < -0.4 is 4.74 Å². The first-order valence-electron chi connectivity index (χ1n) is 6.74. The van der Waals surface area contributed by atoms with Crippen LogP contribution in [0.4, 0.5) is 13.2 Å². The Morgan fingerprint density at radius 2 is 1.61 bits per heavy atom. The van der Waals surface area contributed by atoms with Gasteiger partial charge in [-0.3, -0.25) is 0 Å². The highest BCUT2D eigenvalue weighted by atomic mass is 19.4. The predicted octanol–water partition coefficient (Wildman–Crippen LogP) is 3.96. The van der Waals surface area contributed by atoms with Gasteiger partial charge in [-0.05, 0) is 24.3 Å². The number of hydrogen-bond acceptors (Lipinski definition) is 3. The summed E-state index contributed by atoms with van der Waals surface area (Å²) in [5, 5.41) is 3.63. The van der Waals surface area contributed by atoms with Crippen molar-refractivity contribution in [2.75, 3.05) is 7.11 Å². The van der Waals surface area contributed by atoms with Crippen molar-refractivity contribution in [3.8, 4) is 22.8 Å². The van der Waals surface area contributed by atoms with E-state index < -0.39 is 12.0 Å². The largest absolute Gasteiger partial charge is 0.496 e. The van der Waals surface area contributed by atoms with E-state index in [2.05, 4.69) is 10.1 Å². The summed E-state index contributed by atoms with van der Waals surface area (Å²) in [4.78, 5) is 3.68. The number of nitrogens with zero attached hydrogens (tertiary/aromatic N) is 3. The number of alkyl halides is 3. The number of rotatable bonds is 3. The minimum atomic E-state index is -4.63. The van der Waals surface area contributed by atoms with Crippen LogP contribution in [0.15, 0.2) is 54.6 Å². The lowest BCUT2D eigenvalue weighted by atomic mass is 10.2. The standard InChI is InChI=1S/C16H12F3N3O/c1-23-13-10-6-5-9-12(13)14-20-15(16(17,18)19)21-22(14)11-7-3-2-4-8-11/h2-10H,1H3. The quantitative estimate of drug-likeness (QED) is 0.733. The molecule has 7 heteroatoms. The summed E-state index contributed by atoms with van der Waals surface area (Å²) in [7, 11) is 1.45. The molecule has 0 fully saturated rings. The Labute approximate surface area is 130 Å². The molecule has 0 aliphatic rings. The summed E-state index contributed by atoms with van der Waals surface area (Å²) in [6, 6.07) is 15.3. The van der Waals surface area contributed by atoms with E-state index in [4.69, 9.17) is 4.74 Å².